The van der Waals surface area contributed by atoms with Crippen molar-refractivity contribution in [2.75, 3.05) is 25.0 Å². The summed E-state index contributed by atoms with van der Waals surface area (Å²) in [7, 11) is 1.69. The Balaban J connectivity index is 1.50. The van der Waals surface area contributed by atoms with Gasteiger partial charge in [0.25, 0.3) is 5.56 Å². The van der Waals surface area contributed by atoms with Crippen LogP contribution in [0.15, 0.2) is 41.2 Å². The Kier molecular flexibility index (Phi) is 6.36. The van der Waals surface area contributed by atoms with Crippen LogP contribution in [0, 0.1) is 11.6 Å². The smallest absolute Gasteiger partial charge is 0.319 e. The van der Waals surface area contributed by atoms with E-state index < -0.39 is 17.7 Å². The van der Waals surface area contributed by atoms with E-state index in [9.17, 15) is 18.4 Å². The summed E-state index contributed by atoms with van der Waals surface area (Å²) >= 11 is 6.09. The molecule has 1 N–H and O–H groups in total. The van der Waals surface area contributed by atoms with Crippen LogP contribution in [0.2, 0.25) is 5.02 Å². The van der Waals surface area contributed by atoms with E-state index >= 15 is 0 Å². The second-order valence-electron chi connectivity index (χ2n) is 8.26. The predicted octanol–water partition coefficient (Wildman–Crippen LogP) is 4.16. The molecule has 2 atom stereocenters. The van der Waals surface area contributed by atoms with Gasteiger partial charge in [0.2, 0.25) is 0 Å². The highest BCUT2D eigenvalue weighted by Crippen LogP contribution is 2.24. The number of benzene rings is 2. The fourth-order valence-electron chi connectivity index (χ4n) is 4.22. The van der Waals surface area contributed by atoms with Crippen molar-refractivity contribution in [1.82, 2.24) is 19.4 Å². The van der Waals surface area contributed by atoms with E-state index in [1.165, 1.54) is 6.07 Å². The molecule has 0 spiro atoms. The summed E-state index contributed by atoms with van der Waals surface area (Å²) in [5.41, 5.74) is 0.323. The van der Waals surface area contributed by atoms with E-state index in [1.807, 2.05) is 13.8 Å². The molecule has 1 fully saturated rings. The molecule has 2 unspecified atom stereocenters. The van der Waals surface area contributed by atoms with Crippen LogP contribution in [0.25, 0.3) is 10.9 Å². The van der Waals surface area contributed by atoms with Gasteiger partial charge in [0.1, 0.15) is 17.5 Å². The molecule has 0 radical (unpaired) electrons. The lowest BCUT2D eigenvalue weighted by Gasteiger charge is -2.42. The van der Waals surface area contributed by atoms with E-state index in [-0.39, 0.29) is 23.3 Å². The molecular formula is C23H24ClF2N5O2. The fraction of sp³-hybridized carbons (Fsp3) is 0.348. The molecule has 0 aliphatic carbocycles. The van der Waals surface area contributed by atoms with Crippen molar-refractivity contribution in [3.05, 3.63) is 69.2 Å². The van der Waals surface area contributed by atoms with Crippen molar-refractivity contribution in [1.29, 1.82) is 0 Å². The van der Waals surface area contributed by atoms with Crippen LogP contribution in [-0.2, 0) is 7.05 Å². The molecule has 4 rings (SSSR count). The first-order chi connectivity index (χ1) is 15.7. The van der Waals surface area contributed by atoms with Crippen LogP contribution < -0.4 is 10.9 Å². The van der Waals surface area contributed by atoms with Crippen LogP contribution in [0.3, 0.4) is 0 Å². The van der Waals surface area contributed by atoms with Gasteiger partial charge in [0.15, 0.2) is 0 Å². The molecule has 10 heteroatoms. The van der Waals surface area contributed by atoms with Gasteiger partial charge in [-0.2, -0.15) is 0 Å². The number of hydrogen-bond acceptors (Lipinski definition) is 4. The lowest BCUT2D eigenvalue weighted by Crippen LogP contribution is -2.55. The first-order valence-electron chi connectivity index (χ1n) is 10.6. The number of aromatic nitrogens is 2. The topological polar surface area (TPSA) is 70.5 Å². The second-order valence-corrected chi connectivity index (χ2v) is 8.70. The maximum absolute atomic E-state index is 13.9. The minimum absolute atomic E-state index is 0.0709. The van der Waals surface area contributed by atoms with Crippen molar-refractivity contribution in [3.8, 4) is 0 Å². The number of carbonyl (C=O) groups is 1. The molecule has 1 aromatic heterocycles. The first-order valence-corrected chi connectivity index (χ1v) is 11.0. The predicted molar refractivity (Wildman–Crippen MR) is 124 cm³/mol. The molecule has 174 valence electrons. The maximum Gasteiger partial charge on any atom is 0.322 e. The number of urea groups is 1. The zero-order chi connectivity index (χ0) is 23.9. The van der Waals surface area contributed by atoms with Gasteiger partial charge in [0.05, 0.1) is 22.6 Å². The quantitative estimate of drug-likeness (QED) is 0.617. The Morgan fingerprint density at radius 1 is 1.21 bits per heavy atom. The summed E-state index contributed by atoms with van der Waals surface area (Å²) in [5.74, 6) is -0.930. The van der Waals surface area contributed by atoms with Crippen molar-refractivity contribution in [2.24, 2.45) is 7.05 Å². The summed E-state index contributed by atoms with van der Waals surface area (Å²) in [6.45, 7) is 5.33. The van der Waals surface area contributed by atoms with Crippen LogP contribution in [-0.4, -0.2) is 51.1 Å². The van der Waals surface area contributed by atoms with Gasteiger partial charge < -0.3 is 10.2 Å². The van der Waals surface area contributed by atoms with Crippen LogP contribution in [0.5, 0.6) is 0 Å². The number of fused-ring (bicyclic) bond motifs is 1. The molecule has 0 bridgehead atoms. The number of hydrogen-bond donors (Lipinski definition) is 1. The Morgan fingerprint density at radius 2 is 1.97 bits per heavy atom. The first kappa shape index (κ1) is 23.1. The fourth-order valence-corrected chi connectivity index (χ4v) is 4.38. The van der Waals surface area contributed by atoms with Gasteiger partial charge in [-0.1, -0.05) is 11.6 Å². The summed E-state index contributed by atoms with van der Waals surface area (Å²) in [6.07, 6.45) is 0. The molecule has 1 saturated heterocycles. The van der Waals surface area contributed by atoms with Crippen molar-refractivity contribution >= 4 is 34.2 Å². The largest absolute Gasteiger partial charge is 0.322 e. The van der Waals surface area contributed by atoms with Gasteiger partial charge in [-0.15, -0.1) is 0 Å². The molecule has 33 heavy (non-hydrogen) atoms. The number of nitrogens with one attached hydrogen (secondary N) is 1. The molecular weight excluding hydrogens is 452 g/mol. The van der Waals surface area contributed by atoms with E-state index in [4.69, 9.17) is 16.6 Å². The van der Waals surface area contributed by atoms with Crippen molar-refractivity contribution < 1.29 is 13.6 Å². The normalized spacial score (nSPS) is 17.9. The second kappa shape index (κ2) is 9.07. The monoisotopic (exact) mass is 475 g/mol. The average Bonchev–Trinajstić information content (AvgIpc) is 2.77. The molecule has 0 saturated carbocycles. The number of halogens is 3. The number of carbonyl (C=O) groups excluding carboxylic acids is 1. The summed E-state index contributed by atoms with van der Waals surface area (Å²) < 4.78 is 28.6. The zero-order valence-electron chi connectivity index (χ0n) is 18.5. The van der Waals surface area contributed by atoms with Gasteiger partial charge in [-0.3, -0.25) is 14.3 Å². The maximum atomic E-state index is 13.9. The van der Waals surface area contributed by atoms with E-state index in [2.05, 4.69) is 10.2 Å². The standard InChI is InChI=1S/C23H24ClF2N5O2/c1-13-12-30(8-9-31(13)23(33)28-19-7-5-16(25)11-18(19)26)14(2)21-27-20-10-15(24)4-6-17(20)22(32)29(21)3/h4-7,10-11,13-14H,8-9,12H2,1-3H3,(H,28,33). The number of nitrogens with zero attached hydrogens (tertiary/aromatic N) is 4. The third kappa shape index (κ3) is 4.56. The molecule has 2 heterocycles. The average molecular weight is 476 g/mol. The SMILES string of the molecule is CC(c1nc2cc(Cl)ccc2c(=O)n1C)N1CCN(C(=O)Nc2ccc(F)cc2F)C(C)C1. The van der Waals surface area contributed by atoms with Gasteiger partial charge in [0, 0.05) is 43.8 Å². The minimum atomic E-state index is -0.827. The summed E-state index contributed by atoms with van der Waals surface area (Å²) in [6, 6.07) is 7.21. The van der Waals surface area contributed by atoms with E-state index in [0.29, 0.717) is 41.4 Å². The van der Waals surface area contributed by atoms with Crippen LogP contribution in [0.4, 0.5) is 19.3 Å². The highest BCUT2D eigenvalue weighted by Gasteiger charge is 2.32. The Bertz CT molecular complexity index is 1280. The number of piperazine rings is 1. The van der Waals surface area contributed by atoms with E-state index in [0.717, 1.165) is 12.1 Å². The minimum Gasteiger partial charge on any atom is -0.319 e. The Morgan fingerprint density at radius 3 is 2.67 bits per heavy atom. The van der Waals surface area contributed by atoms with Crippen LogP contribution >= 0.6 is 11.6 Å². The van der Waals surface area contributed by atoms with Gasteiger partial charge >= 0.3 is 6.03 Å². The van der Waals surface area contributed by atoms with Crippen molar-refractivity contribution in [3.63, 3.8) is 0 Å². The zero-order valence-corrected chi connectivity index (χ0v) is 19.2. The van der Waals surface area contributed by atoms with Gasteiger partial charge in [-0.25, -0.2) is 18.6 Å². The van der Waals surface area contributed by atoms with E-state index in [1.54, 1.807) is 34.7 Å². The number of amides is 2. The molecule has 1 aliphatic heterocycles. The molecule has 2 aromatic carbocycles. The molecule has 1 aliphatic rings. The lowest BCUT2D eigenvalue weighted by atomic mass is 10.1. The Hall–Kier alpha value is -3.04. The molecule has 3 aromatic rings. The molecule has 2 amide bonds. The third-order valence-corrected chi connectivity index (χ3v) is 6.32. The van der Waals surface area contributed by atoms with Crippen LogP contribution in [0.1, 0.15) is 25.7 Å². The summed E-state index contributed by atoms with van der Waals surface area (Å²) in [5, 5.41) is 3.52. The van der Waals surface area contributed by atoms with Crippen molar-refractivity contribution in [2.45, 2.75) is 25.9 Å². The summed E-state index contributed by atoms with van der Waals surface area (Å²) in [4.78, 5) is 34.0. The molecule has 7 nitrogen and oxygen atoms in total. The lowest BCUT2D eigenvalue weighted by molar-refractivity contribution is 0.0796. The van der Waals surface area contributed by atoms with Gasteiger partial charge in [-0.05, 0) is 44.2 Å². The highest BCUT2D eigenvalue weighted by atomic mass is 35.5. The number of anilines is 1. The number of rotatable bonds is 3. The Labute approximate surface area is 194 Å². The third-order valence-electron chi connectivity index (χ3n) is 6.09. The highest BCUT2D eigenvalue weighted by molar-refractivity contribution is 6.31.